The lowest BCUT2D eigenvalue weighted by molar-refractivity contribution is -0.156. The zero-order valence-electron chi connectivity index (χ0n) is 19.3. The average molecular weight is 483 g/mol. The van der Waals surface area contributed by atoms with E-state index in [-0.39, 0.29) is 18.6 Å². The van der Waals surface area contributed by atoms with Crippen LogP contribution in [0.1, 0.15) is 32.1 Å². The van der Waals surface area contributed by atoms with Crippen LogP contribution in [0.5, 0.6) is 0 Å². The van der Waals surface area contributed by atoms with Gasteiger partial charge in [0, 0.05) is 55.5 Å². The quantitative estimate of drug-likeness (QED) is 0.639. The lowest BCUT2D eigenvalue weighted by Crippen LogP contribution is -2.59. The summed E-state index contributed by atoms with van der Waals surface area (Å²) < 4.78 is 43.2. The number of rotatable bonds is 5. The van der Waals surface area contributed by atoms with Gasteiger partial charge in [0.15, 0.2) is 0 Å². The molecule has 1 atom stereocenters. The molecule has 9 heteroatoms. The number of nitrogens with one attached hydrogen (secondary N) is 1. The highest BCUT2D eigenvalue weighted by Crippen LogP contribution is 2.37. The summed E-state index contributed by atoms with van der Waals surface area (Å²) in [6.45, 7) is 1.73. The molecule has 1 aromatic heterocycles. The topological polar surface area (TPSA) is 38.8 Å². The summed E-state index contributed by atoms with van der Waals surface area (Å²) in [6.07, 6.45) is 0.544. The van der Waals surface area contributed by atoms with Crippen LogP contribution in [0.25, 0.3) is 10.1 Å². The Morgan fingerprint density at radius 1 is 1.15 bits per heavy atom. The van der Waals surface area contributed by atoms with Gasteiger partial charge in [0.1, 0.15) is 6.04 Å². The molecule has 2 fully saturated rings. The van der Waals surface area contributed by atoms with Crippen molar-refractivity contribution < 1.29 is 18.0 Å². The van der Waals surface area contributed by atoms with E-state index in [9.17, 15) is 18.0 Å². The van der Waals surface area contributed by atoms with Crippen LogP contribution in [0.2, 0.25) is 0 Å². The van der Waals surface area contributed by atoms with Crippen molar-refractivity contribution in [1.29, 1.82) is 0 Å². The molecule has 5 nitrogen and oxygen atoms in total. The minimum Gasteiger partial charge on any atom is -0.357 e. The zero-order valence-corrected chi connectivity index (χ0v) is 20.1. The normalized spacial score (nSPS) is 24.8. The number of amides is 2. The van der Waals surface area contributed by atoms with Crippen LogP contribution < -0.4 is 10.2 Å². The van der Waals surface area contributed by atoms with E-state index in [1.807, 2.05) is 34.5 Å². The molecule has 33 heavy (non-hydrogen) atoms. The number of hydrogen-bond donors (Lipinski definition) is 1. The maximum atomic E-state index is 14.1. The number of thiophene rings is 1. The van der Waals surface area contributed by atoms with Crippen molar-refractivity contribution in [2.24, 2.45) is 5.92 Å². The van der Waals surface area contributed by atoms with E-state index in [0.717, 1.165) is 42.2 Å². The van der Waals surface area contributed by atoms with Gasteiger partial charge in [-0.15, -0.1) is 11.3 Å². The minimum absolute atomic E-state index is 0.0122. The molecule has 2 amide bonds. The molecule has 2 aliphatic rings. The molecule has 1 unspecified atom stereocenters. The van der Waals surface area contributed by atoms with E-state index in [1.54, 1.807) is 35.2 Å². The standard InChI is InChI=1S/C24H33F3N4OS/c1-29(2)23(32)28-18-8-6-17(7-9-18)10-12-30-13-14-31(22(16-30)24(25,26)27)20-4-3-5-21-19(20)11-15-33-21/h3-5,11,15,17-18,22H,6-10,12-14,16H2,1-2H3,(H,28,32). The fourth-order valence-electron chi connectivity index (χ4n) is 5.10. The van der Waals surface area contributed by atoms with Gasteiger partial charge in [0.25, 0.3) is 0 Å². The summed E-state index contributed by atoms with van der Waals surface area (Å²) in [5.41, 5.74) is 0.689. The molecule has 2 aromatic rings. The SMILES string of the molecule is CN(C)C(=O)NC1CCC(CCN2CCN(c3cccc4sccc34)C(C(F)(F)F)C2)CC1. The molecule has 1 N–H and O–H groups in total. The first-order valence-corrected chi connectivity index (χ1v) is 12.6. The van der Waals surface area contributed by atoms with E-state index >= 15 is 0 Å². The number of halogens is 3. The Balaban J connectivity index is 1.32. The Bertz CT molecular complexity index is 939. The molecule has 1 aliphatic carbocycles. The highest BCUT2D eigenvalue weighted by molar-refractivity contribution is 7.17. The first-order chi connectivity index (χ1) is 15.7. The zero-order chi connectivity index (χ0) is 23.6. The third kappa shape index (κ3) is 5.74. The molecule has 182 valence electrons. The summed E-state index contributed by atoms with van der Waals surface area (Å²) in [7, 11) is 3.46. The summed E-state index contributed by atoms with van der Waals surface area (Å²) in [4.78, 5) is 16.9. The number of carbonyl (C=O) groups excluding carboxylic acids is 1. The second kappa shape index (κ2) is 10.1. The predicted molar refractivity (Wildman–Crippen MR) is 128 cm³/mol. The second-order valence-corrected chi connectivity index (χ2v) is 10.5. The van der Waals surface area contributed by atoms with Gasteiger partial charge in [0.05, 0.1) is 0 Å². The molecule has 0 radical (unpaired) electrons. The van der Waals surface area contributed by atoms with Crippen molar-refractivity contribution in [1.82, 2.24) is 15.1 Å². The molecule has 1 aliphatic heterocycles. The molecule has 1 saturated carbocycles. The fourth-order valence-corrected chi connectivity index (χ4v) is 5.91. The van der Waals surface area contributed by atoms with Crippen molar-refractivity contribution in [3.63, 3.8) is 0 Å². The largest absolute Gasteiger partial charge is 0.409 e. The number of benzene rings is 1. The van der Waals surface area contributed by atoms with Crippen LogP contribution in [-0.4, -0.2) is 74.4 Å². The van der Waals surface area contributed by atoms with Crippen LogP contribution in [0.4, 0.5) is 23.7 Å². The lowest BCUT2D eigenvalue weighted by Gasteiger charge is -2.44. The summed E-state index contributed by atoms with van der Waals surface area (Å²) in [5.74, 6) is 0.513. The number of piperazine rings is 1. The predicted octanol–water partition coefficient (Wildman–Crippen LogP) is 5.17. The van der Waals surface area contributed by atoms with Gasteiger partial charge in [-0.1, -0.05) is 6.07 Å². The van der Waals surface area contributed by atoms with Crippen molar-refractivity contribution >= 4 is 33.1 Å². The first-order valence-electron chi connectivity index (χ1n) is 11.7. The molecular formula is C24H33F3N4OS. The van der Waals surface area contributed by atoms with Gasteiger partial charge < -0.3 is 15.1 Å². The number of carbonyl (C=O) groups is 1. The highest BCUT2D eigenvalue weighted by atomic mass is 32.1. The average Bonchev–Trinajstić information content (AvgIpc) is 3.27. The maximum Gasteiger partial charge on any atom is 0.409 e. The Morgan fingerprint density at radius 3 is 2.61 bits per heavy atom. The monoisotopic (exact) mass is 482 g/mol. The molecule has 0 spiro atoms. The summed E-state index contributed by atoms with van der Waals surface area (Å²) >= 11 is 1.56. The molecular weight excluding hydrogens is 449 g/mol. The fraction of sp³-hybridized carbons (Fsp3) is 0.625. The molecule has 0 bridgehead atoms. The van der Waals surface area contributed by atoms with E-state index in [4.69, 9.17) is 0 Å². The van der Waals surface area contributed by atoms with Gasteiger partial charge in [-0.05, 0) is 68.1 Å². The Morgan fingerprint density at radius 2 is 1.91 bits per heavy atom. The van der Waals surface area contributed by atoms with Crippen LogP contribution in [0.3, 0.4) is 0 Å². The Hall–Kier alpha value is -2.00. The van der Waals surface area contributed by atoms with Crippen LogP contribution >= 0.6 is 11.3 Å². The van der Waals surface area contributed by atoms with Crippen molar-refractivity contribution in [3.05, 3.63) is 29.6 Å². The Labute approximate surface area is 197 Å². The number of urea groups is 1. The number of fused-ring (bicyclic) bond motifs is 1. The number of anilines is 1. The first kappa shape index (κ1) is 24.1. The lowest BCUT2D eigenvalue weighted by atomic mass is 9.84. The summed E-state index contributed by atoms with van der Waals surface area (Å²) in [5, 5.41) is 5.89. The molecule has 2 heterocycles. The molecule has 1 aromatic carbocycles. The third-order valence-electron chi connectivity index (χ3n) is 7.06. The number of alkyl halides is 3. The van der Waals surface area contributed by atoms with Gasteiger partial charge >= 0.3 is 12.2 Å². The van der Waals surface area contributed by atoms with E-state index in [1.165, 1.54) is 0 Å². The van der Waals surface area contributed by atoms with Gasteiger partial charge in [-0.2, -0.15) is 13.2 Å². The van der Waals surface area contributed by atoms with Crippen LogP contribution in [0.15, 0.2) is 29.6 Å². The van der Waals surface area contributed by atoms with Crippen molar-refractivity contribution in [3.8, 4) is 0 Å². The minimum atomic E-state index is -4.28. The van der Waals surface area contributed by atoms with Crippen LogP contribution in [-0.2, 0) is 0 Å². The highest BCUT2D eigenvalue weighted by Gasteiger charge is 2.46. The maximum absolute atomic E-state index is 14.1. The van der Waals surface area contributed by atoms with E-state index in [0.29, 0.717) is 31.2 Å². The Kier molecular flexibility index (Phi) is 7.38. The molecule has 4 rings (SSSR count). The number of nitrogens with zero attached hydrogens (tertiary/aromatic N) is 3. The number of hydrogen-bond acceptors (Lipinski definition) is 4. The molecule has 1 saturated heterocycles. The third-order valence-corrected chi connectivity index (χ3v) is 7.94. The summed E-state index contributed by atoms with van der Waals surface area (Å²) in [6, 6.07) is 6.20. The van der Waals surface area contributed by atoms with Crippen molar-refractivity contribution in [2.45, 2.75) is 50.4 Å². The van der Waals surface area contributed by atoms with Gasteiger partial charge in [0.2, 0.25) is 0 Å². The van der Waals surface area contributed by atoms with Crippen molar-refractivity contribution in [2.75, 3.05) is 45.2 Å². The van der Waals surface area contributed by atoms with Gasteiger partial charge in [-0.25, -0.2) is 4.79 Å². The van der Waals surface area contributed by atoms with E-state index < -0.39 is 12.2 Å². The smallest absolute Gasteiger partial charge is 0.357 e. The second-order valence-electron chi connectivity index (χ2n) is 9.51. The van der Waals surface area contributed by atoms with Crippen LogP contribution in [0, 0.1) is 5.92 Å². The van der Waals surface area contributed by atoms with Gasteiger partial charge in [-0.3, -0.25) is 4.90 Å². The van der Waals surface area contributed by atoms with E-state index in [2.05, 4.69) is 5.32 Å².